The van der Waals surface area contributed by atoms with Gasteiger partial charge in [-0.05, 0) is 49.8 Å². The van der Waals surface area contributed by atoms with E-state index in [0.717, 1.165) is 55.8 Å². The van der Waals surface area contributed by atoms with Crippen LogP contribution < -0.4 is 10.1 Å². The third kappa shape index (κ3) is 4.79. The fraction of sp³-hybridized carbons (Fsp3) is 0.455. The average molecular weight is 367 g/mol. The molecule has 5 heteroatoms. The van der Waals surface area contributed by atoms with E-state index in [2.05, 4.69) is 23.3 Å². The molecule has 2 heterocycles. The molecule has 1 aromatic carbocycles. The lowest BCUT2D eigenvalue weighted by atomic mass is 9.99. The lowest BCUT2D eigenvalue weighted by Crippen LogP contribution is -2.43. The molecule has 1 amide bonds. The number of rotatable bonds is 7. The maximum absolute atomic E-state index is 12.9. The molecule has 1 aromatic heterocycles. The summed E-state index contributed by atoms with van der Waals surface area (Å²) in [6.07, 6.45) is 8.70. The second kappa shape index (κ2) is 9.40. The fourth-order valence-corrected chi connectivity index (χ4v) is 3.76. The summed E-state index contributed by atoms with van der Waals surface area (Å²) in [7, 11) is 1.69. The summed E-state index contributed by atoms with van der Waals surface area (Å²) in [4.78, 5) is 19.2. The Morgan fingerprint density at radius 2 is 2.15 bits per heavy atom. The van der Waals surface area contributed by atoms with Crippen molar-refractivity contribution in [1.29, 1.82) is 0 Å². The summed E-state index contributed by atoms with van der Waals surface area (Å²) < 4.78 is 5.40. The van der Waals surface area contributed by atoms with Gasteiger partial charge in [0.2, 0.25) is 0 Å². The third-order valence-electron chi connectivity index (χ3n) is 5.26. The first-order chi connectivity index (χ1) is 13.2. The van der Waals surface area contributed by atoms with Gasteiger partial charge < -0.3 is 15.0 Å². The number of nitrogens with zero attached hydrogens (tertiary/aromatic N) is 2. The van der Waals surface area contributed by atoms with Crippen LogP contribution in [0, 0.1) is 0 Å². The van der Waals surface area contributed by atoms with E-state index in [0.29, 0.717) is 11.6 Å². The summed E-state index contributed by atoms with van der Waals surface area (Å²) in [5.74, 6) is 1.000. The minimum absolute atomic E-state index is 0.0995. The Kier molecular flexibility index (Phi) is 6.69. The molecule has 27 heavy (non-hydrogen) atoms. The molecule has 1 N–H and O–H groups in total. The zero-order valence-electron chi connectivity index (χ0n) is 16.3. The molecular weight excluding hydrogens is 338 g/mol. The predicted octanol–water partition coefficient (Wildman–Crippen LogP) is 4.15. The number of benzene rings is 1. The molecule has 1 aliphatic rings. The third-order valence-corrected chi connectivity index (χ3v) is 5.26. The van der Waals surface area contributed by atoms with Crippen LogP contribution >= 0.6 is 0 Å². The number of para-hydroxylation sites is 1. The number of piperidine rings is 1. The van der Waals surface area contributed by atoms with E-state index in [1.807, 2.05) is 29.2 Å². The van der Waals surface area contributed by atoms with Gasteiger partial charge in [-0.3, -0.25) is 9.78 Å². The van der Waals surface area contributed by atoms with Crippen molar-refractivity contribution in [1.82, 2.24) is 9.88 Å². The first kappa shape index (κ1) is 19.2. The van der Waals surface area contributed by atoms with Crippen LogP contribution in [-0.2, 0) is 6.42 Å². The molecule has 1 unspecified atom stereocenters. The molecule has 2 aromatic rings. The number of amides is 1. The van der Waals surface area contributed by atoms with E-state index in [1.54, 1.807) is 19.5 Å². The number of pyridine rings is 1. The van der Waals surface area contributed by atoms with Crippen LogP contribution in [0.4, 0.5) is 5.69 Å². The molecule has 0 bridgehead atoms. The van der Waals surface area contributed by atoms with Gasteiger partial charge in [-0.15, -0.1) is 0 Å². The van der Waals surface area contributed by atoms with Gasteiger partial charge in [0.1, 0.15) is 5.75 Å². The molecular formula is C22H29N3O2. The second-order valence-corrected chi connectivity index (χ2v) is 7.01. The molecule has 0 spiro atoms. The Bertz CT molecular complexity index is 763. The SMILES string of the molecule is CCC1CCCCN1C(=O)c1cncc(NCCc2ccccc2OC)c1. The highest BCUT2D eigenvalue weighted by atomic mass is 16.5. The van der Waals surface area contributed by atoms with Crippen LogP contribution in [-0.4, -0.2) is 42.0 Å². The van der Waals surface area contributed by atoms with Gasteiger partial charge in [-0.25, -0.2) is 0 Å². The maximum Gasteiger partial charge on any atom is 0.255 e. The zero-order valence-corrected chi connectivity index (χ0v) is 16.3. The van der Waals surface area contributed by atoms with Crippen molar-refractivity contribution in [2.75, 3.05) is 25.5 Å². The van der Waals surface area contributed by atoms with E-state index < -0.39 is 0 Å². The highest BCUT2D eigenvalue weighted by Crippen LogP contribution is 2.23. The number of methoxy groups -OCH3 is 1. The summed E-state index contributed by atoms with van der Waals surface area (Å²) in [6.45, 7) is 3.76. The Morgan fingerprint density at radius 1 is 1.30 bits per heavy atom. The Hall–Kier alpha value is -2.56. The minimum atomic E-state index is 0.0995. The Balaban J connectivity index is 1.62. The summed E-state index contributed by atoms with van der Waals surface area (Å²) in [6, 6.07) is 10.3. The highest BCUT2D eigenvalue weighted by Gasteiger charge is 2.26. The van der Waals surface area contributed by atoms with E-state index >= 15 is 0 Å². The molecule has 3 rings (SSSR count). The highest BCUT2D eigenvalue weighted by molar-refractivity contribution is 5.95. The van der Waals surface area contributed by atoms with Crippen LogP contribution in [0.2, 0.25) is 0 Å². The van der Waals surface area contributed by atoms with Crippen LogP contribution in [0.25, 0.3) is 0 Å². The van der Waals surface area contributed by atoms with Gasteiger partial charge in [-0.2, -0.15) is 0 Å². The molecule has 0 aliphatic carbocycles. The van der Waals surface area contributed by atoms with Crippen molar-refractivity contribution >= 4 is 11.6 Å². The number of anilines is 1. The second-order valence-electron chi connectivity index (χ2n) is 7.01. The number of nitrogens with one attached hydrogen (secondary N) is 1. The van der Waals surface area contributed by atoms with Crippen molar-refractivity contribution in [3.63, 3.8) is 0 Å². The normalized spacial score (nSPS) is 16.8. The van der Waals surface area contributed by atoms with Gasteiger partial charge in [-0.1, -0.05) is 25.1 Å². The number of likely N-dealkylation sites (tertiary alicyclic amines) is 1. The molecule has 5 nitrogen and oxygen atoms in total. The maximum atomic E-state index is 12.9. The van der Waals surface area contributed by atoms with Crippen molar-refractivity contribution in [3.8, 4) is 5.75 Å². The quantitative estimate of drug-likeness (QED) is 0.799. The molecule has 1 saturated heterocycles. The number of hydrogen-bond donors (Lipinski definition) is 1. The standard InChI is InChI=1S/C22H29N3O2/c1-3-20-9-6-7-13-25(20)22(26)18-14-19(16-23-15-18)24-12-11-17-8-4-5-10-21(17)27-2/h4-5,8,10,14-16,20,24H,3,6-7,9,11-13H2,1-2H3. The van der Waals surface area contributed by atoms with Crippen LogP contribution in [0.5, 0.6) is 5.75 Å². The molecule has 0 radical (unpaired) electrons. The van der Waals surface area contributed by atoms with E-state index in [-0.39, 0.29) is 5.91 Å². The Morgan fingerprint density at radius 3 is 2.96 bits per heavy atom. The smallest absolute Gasteiger partial charge is 0.255 e. The summed E-state index contributed by atoms with van der Waals surface area (Å²) in [5, 5.41) is 3.38. The van der Waals surface area contributed by atoms with E-state index in [9.17, 15) is 4.79 Å². The average Bonchev–Trinajstić information content (AvgIpc) is 2.73. The van der Waals surface area contributed by atoms with Gasteiger partial charge in [0.05, 0.1) is 18.4 Å². The lowest BCUT2D eigenvalue weighted by molar-refractivity contribution is 0.0607. The van der Waals surface area contributed by atoms with Crippen molar-refractivity contribution in [2.24, 2.45) is 0 Å². The molecule has 0 saturated carbocycles. The van der Waals surface area contributed by atoms with Crippen LogP contribution in [0.3, 0.4) is 0 Å². The number of carbonyl (C=O) groups is 1. The molecule has 1 atom stereocenters. The van der Waals surface area contributed by atoms with Gasteiger partial charge in [0, 0.05) is 31.5 Å². The Labute approximate surface area is 161 Å². The van der Waals surface area contributed by atoms with Crippen LogP contribution in [0.15, 0.2) is 42.7 Å². The number of hydrogen-bond acceptors (Lipinski definition) is 4. The monoisotopic (exact) mass is 367 g/mol. The van der Waals surface area contributed by atoms with Gasteiger partial charge in [0.15, 0.2) is 0 Å². The van der Waals surface area contributed by atoms with Gasteiger partial charge in [0.25, 0.3) is 5.91 Å². The van der Waals surface area contributed by atoms with Crippen LogP contribution in [0.1, 0.15) is 48.5 Å². The zero-order chi connectivity index (χ0) is 19.1. The molecule has 1 aliphatic heterocycles. The first-order valence-electron chi connectivity index (χ1n) is 9.84. The predicted molar refractivity (Wildman–Crippen MR) is 108 cm³/mol. The number of aromatic nitrogens is 1. The largest absolute Gasteiger partial charge is 0.496 e. The lowest BCUT2D eigenvalue weighted by Gasteiger charge is -2.35. The van der Waals surface area contributed by atoms with Crippen molar-refractivity contribution in [2.45, 2.75) is 45.1 Å². The van der Waals surface area contributed by atoms with E-state index in [4.69, 9.17) is 4.74 Å². The van der Waals surface area contributed by atoms with E-state index in [1.165, 1.54) is 6.42 Å². The molecule has 144 valence electrons. The van der Waals surface area contributed by atoms with Crippen molar-refractivity contribution in [3.05, 3.63) is 53.9 Å². The summed E-state index contributed by atoms with van der Waals surface area (Å²) in [5.41, 5.74) is 2.70. The number of ether oxygens (including phenoxy) is 1. The minimum Gasteiger partial charge on any atom is -0.496 e. The molecule has 1 fully saturated rings. The van der Waals surface area contributed by atoms with Crippen molar-refractivity contribution < 1.29 is 9.53 Å². The summed E-state index contributed by atoms with van der Waals surface area (Å²) >= 11 is 0. The number of carbonyl (C=O) groups excluding carboxylic acids is 1. The topological polar surface area (TPSA) is 54.5 Å². The van der Waals surface area contributed by atoms with Gasteiger partial charge >= 0.3 is 0 Å². The first-order valence-corrected chi connectivity index (χ1v) is 9.84. The fourth-order valence-electron chi connectivity index (χ4n) is 3.76.